The first-order valence-electron chi connectivity index (χ1n) is 10.8. The minimum Gasteiger partial charge on any atom is -0.496 e. The number of rotatable bonds is 7. The van der Waals surface area contributed by atoms with Crippen molar-refractivity contribution in [3.05, 3.63) is 67.0 Å². The number of ether oxygens (including phenoxy) is 1. The van der Waals surface area contributed by atoms with Gasteiger partial charge < -0.3 is 21.1 Å². The predicted molar refractivity (Wildman–Crippen MR) is 134 cm³/mol. The quantitative estimate of drug-likeness (QED) is 0.352. The lowest BCUT2D eigenvalue weighted by molar-refractivity contribution is -0.111. The number of benzene rings is 2. The van der Waals surface area contributed by atoms with E-state index in [1.165, 1.54) is 24.1 Å². The van der Waals surface area contributed by atoms with Crippen molar-refractivity contribution in [2.75, 3.05) is 18.2 Å². The van der Waals surface area contributed by atoms with Crippen LogP contribution in [0.3, 0.4) is 0 Å². The molecule has 2 heterocycles. The van der Waals surface area contributed by atoms with Crippen LogP contribution in [0.15, 0.2) is 61.4 Å². The lowest BCUT2D eigenvalue weighted by Crippen LogP contribution is -2.30. The summed E-state index contributed by atoms with van der Waals surface area (Å²) in [6.45, 7) is 7.24. The van der Waals surface area contributed by atoms with Gasteiger partial charge in [0.15, 0.2) is 5.82 Å². The maximum atomic E-state index is 12.6. The molecule has 0 aliphatic heterocycles. The van der Waals surface area contributed by atoms with E-state index in [0.29, 0.717) is 33.8 Å². The van der Waals surface area contributed by atoms with Crippen LogP contribution in [0, 0.1) is 0 Å². The molecule has 2 amide bonds. The van der Waals surface area contributed by atoms with Crippen molar-refractivity contribution in [3.8, 4) is 28.1 Å². The fraction of sp³-hybridized carbons (Fsp3) is 0.160. The maximum Gasteiger partial charge on any atom is 0.255 e. The second-order valence-corrected chi connectivity index (χ2v) is 8.02. The molecule has 0 saturated carbocycles. The number of methoxy groups -OCH3 is 1. The molecule has 35 heavy (non-hydrogen) atoms. The van der Waals surface area contributed by atoms with Gasteiger partial charge in [0.1, 0.15) is 23.3 Å². The molecule has 0 atom stereocenters. The Hall–Kier alpha value is -4.73. The third-order valence-electron chi connectivity index (χ3n) is 5.23. The van der Waals surface area contributed by atoms with E-state index in [1.807, 2.05) is 32.0 Å². The molecule has 0 spiro atoms. The smallest absolute Gasteiger partial charge is 0.255 e. The number of nitrogens with zero attached hydrogens (tertiary/aromatic N) is 4. The molecule has 10 heteroatoms. The number of nitrogens with two attached hydrogens (primary N) is 1. The van der Waals surface area contributed by atoms with Crippen LogP contribution in [0.4, 0.5) is 11.5 Å². The summed E-state index contributed by atoms with van der Waals surface area (Å²) in [5, 5.41) is 14.4. The number of hydrogen-bond donors (Lipinski definition) is 3. The maximum absolute atomic E-state index is 12.6. The molecule has 178 valence electrons. The number of nitrogens with one attached hydrogen (secondary N) is 2. The number of aromatic nitrogens is 4. The Morgan fingerprint density at radius 1 is 1.14 bits per heavy atom. The van der Waals surface area contributed by atoms with E-state index in [1.54, 1.807) is 24.3 Å². The Labute approximate surface area is 201 Å². The monoisotopic (exact) mass is 471 g/mol. The van der Waals surface area contributed by atoms with Gasteiger partial charge in [-0.3, -0.25) is 9.59 Å². The molecule has 4 aromatic rings. The van der Waals surface area contributed by atoms with Crippen LogP contribution in [-0.2, 0) is 4.79 Å². The topological polar surface area (TPSA) is 137 Å². The van der Waals surface area contributed by atoms with E-state index in [9.17, 15) is 9.59 Å². The number of nitrogen functional groups attached to an aromatic ring is 1. The Morgan fingerprint density at radius 2 is 1.86 bits per heavy atom. The summed E-state index contributed by atoms with van der Waals surface area (Å²) < 4.78 is 6.96. The minimum absolute atomic E-state index is 0.0192. The highest BCUT2D eigenvalue weighted by atomic mass is 16.5. The Kier molecular flexibility index (Phi) is 6.45. The van der Waals surface area contributed by atoms with Gasteiger partial charge in [-0.25, -0.2) is 4.98 Å². The van der Waals surface area contributed by atoms with Crippen LogP contribution in [-0.4, -0.2) is 44.8 Å². The lowest BCUT2D eigenvalue weighted by Gasteiger charge is -2.13. The molecule has 10 nitrogen and oxygen atoms in total. The van der Waals surface area contributed by atoms with Gasteiger partial charge in [-0.1, -0.05) is 24.8 Å². The first kappa shape index (κ1) is 23.4. The Bertz CT molecular complexity index is 1430. The second kappa shape index (κ2) is 9.64. The summed E-state index contributed by atoms with van der Waals surface area (Å²) in [4.78, 5) is 28.4. The molecule has 4 N–H and O–H groups in total. The van der Waals surface area contributed by atoms with Gasteiger partial charge in [0.25, 0.3) is 5.91 Å². The molecule has 0 aliphatic rings. The minimum atomic E-state index is -0.303. The molecule has 2 aromatic carbocycles. The fourth-order valence-corrected chi connectivity index (χ4v) is 3.67. The fourth-order valence-electron chi connectivity index (χ4n) is 3.67. The highest BCUT2D eigenvalue weighted by Crippen LogP contribution is 2.38. The summed E-state index contributed by atoms with van der Waals surface area (Å²) in [6.07, 6.45) is 2.53. The lowest BCUT2D eigenvalue weighted by atomic mass is 9.98. The third kappa shape index (κ3) is 4.67. The number of carbonyl (C=O) groups is 2. The zero-order valence-electron chi connectivity index (χ0n) is 19.6. The number of hydrogen-bond acceptors (Lipinski definition) is 7. The average Bonchev–Trinajstić information content (AvgIpc) is 3.24. The number of anilines is 2. The van der Waals surface area contributed by atoms with Crippen molar-refractivity contribution in [2.24, 2.45) is 0 Å². The van der Waals surface area contributed by atoms with Crippen LogP contribution in [0.2, 0.25) is 0 Å². The van der Waals surface area contributed by atoms with Gasteiger partial charge in [0.2, 0.25) is 5.91 Å². The second-order valence-electron chi connectivity index (χ2n) is 8.02. The molecule has 0 fully saturated rings. The van der Waals surface area contributed by atoms with Gasteiger partial charge in [-0.05, 0) is 49.8 Å². The third-order valence-corrected chi connectivity index (χ3v) is 5.23. The van der Waals surface area contributed by atoms with Crippen LogP contribution in [0.25, 0.3) is 27.9 Å². The predicted octanol–water partition coefficient (Wildman–Crippen LogP) is 3.31. The summed E-state index contributed by atoms with van der Waals surface area (Å²) >= 11 is 0. The van der Waals surface area contributed by atoms with E-state index in [2.05, 4.69) is 32.4 Å². The largest absolute Gasteiger partial charge is 0.496 e. The molecule has 0 aliphatic carbocycles. The van der Waals surface area contributed by atoms with Crippen LogP contribution in [0.5, 0.6) is 5.75 Å². The van der Waals surface area contributed by atoms with Crippen molar-refractivity contribution in [1.29, 1.82) is 0 Å². The Balaban J connectivity index is 1.86. The van der Waals surface area contributed by atoms with Gasteiger partial charge in [0.05, 0.1) is 12.7 Å². The molecule has 0 saturated heterocycles. The first-order chi connectivity index (χ1) is 16.8. The van der Waals surface area contributed by atoms with Crippen molar-refractivity contribution in [3.63, 3.8) is 0 Å². The number of carbonyl (C=O) groups excluding carboxylic acids is 2. The number of amides is 2. The highest BCUT2D eigenvalue weighted by Gasteiger charge is 2.22. The number of fused-ring (bicyclic) bond motifs is 1. The van der Waals surface area contributed by atoms with Crippen LogP contribution < -0.4 is 21.1 Å². The summed E-state index contributed by atoms with van der Waals surface area (Å²) in [7, 11) is 1.51. The zero-order chi connectivity index (χ0) is 25.1. The SMILES string of the molecule is C=CC(=O)Nc1ccc(-c2nn3ncnc(N)c3c2-c2ccc(C(=O)NC(C)C)c(OC)c2)cc1. The van der Waals surface area contributed by atoms with Crippen molar-refractivity contribution in [1.82, 2.24) is 25.1 Å². The molecule has 2 aromatic heterocycles. The zero-order valence-corrected chi connectivity index (χ0v) is 19.6. The first-order valence-corrected chi connectivity index (χ1v) is 10.8. The van der Waals surface area contributed by atoms with Gasteiger partial charge in [0, 0.05) is 22.9 Å². The average molecular weight is 472 g/mol. The van der Waals surface area contributed by atoms with Gasteiger partial charge in [-0.15, -0.1) is 14.8 Å². The molecular weight excluding hydrogens is 446 g/mol. The Morgan fingerprint density at radius 3 is 2.51 bits per heavy atom. The van der Waals surface area contributed by atoms with Gasteiger partial charge in [-0.2, -0.15) is 0 Å². The van der Waals surface area contributed by atoms with E-state index >= 15 is 0 Å². The summed E-state index contributed by atoms with van der Waals surface area (Å²) in [5.74, 6) is 0.125. The van der Waals surface area contributed by atoms with Crippen molar-refractivity contribution in [2.45, 2.75) is 19.9 Å². The van der Waals surface area contributed by atoms with Gasteiger partial charge >= 0.3 is 0 Å². The standard InChI is InChI=1S/C25H25N7O3/c1-5-20(33)30-17-9-6-15(7-10-17)22-21(23-24(26)27-13-28-32(23)31-22)16-8-11-18(19(12-16)35-4)25(34)29-14(2)3/h5-14H,1H2,2-4H3,(H,29,34)(H,30,33)(H2,26,27,28). The molecular formula is C25H25N7O3. The highest BCUT2D eigenvalue weighted by molar-refractivity contribution is 6.01. The molecule has 0 unspecified atom stereocenters. The molecule has 4 rings (SSSR count). The van der Waals surface area contributed by atoms with Crippen LogP contribution in [0.1, 0.15) is 24.2 Å². The van der Waals surface area contributed by atoms with E-state index < -0.39 is 0 Å². The van der Waals surface area contributed by atoms with Crippen LogP contribution >= 0.6 is 0 Å². The van der Waals surface area contributed by atoms with E-state index in [-0.39, 0.29) is 23.7 Å². The van der Waals surface area contributed by atoms with E-state index in [0.717, 1.165) is 11.1 Å². The molecule has 0 radical (unpaired) electrons. The van der Waals surface area contributed by atoms with E-state index in [4.69, 9.17) is 10.5 Å². The summed E-state index contributed by atoms with van der Waals surface area (Å²) in [5.41, 5.74) is 10.5. The van der Waals surface area contributed by atoms with Crippen molar-refractivity contribution < 1.29 is 14.3 Å². The van der Waals surface area contributed by atoms with Crippen molar-refractivity contribution >= 4 is 28.8 Å². The summed E-state index contributed by atoms with van der Waals surface area (Å²) in [6, 6.07) is 12.4. The molecule has 0 bridgehead atoms. The normalized spacial score (nSPS) is 10.9.